The van der Waals surface area contributed by atoms with Crippen LogP contribution in [0, 0.1) is 5.21 Å². The van der Waals surface area contributed by atoms with Crippen molar-refractivity contribution in [2.75, 3.05) is 26.3 Å². The molecule has 0 radical (unpaired) electrons. The number of carbonyl (C=O) groups excluding carboxylic acids is 1. The van der Waals surface area contributed by atoms with E-state index in [9.17, 15) is 10.0 Å². The average molecular weight is 368 g/mol. The van der Waals surface area contributed by atoms with Gasteiger partial charge in [0.2, 0.25) is 5.04 Å². The number of carbonyl (C=O) groups is 1. The molecule has 0 saturated carbocycles. The Hall–Kier alpha value is -2.31. The third-order valence-electron chi connectivity index (χ3n) is 4.75. The van der Waals surface area contributed by atoms with Gasteiger partial charge in [-0.05, 0) is 29.5 Å². The number of hydrogen-bond acceptors (Lipinski definition) is 4. The van der Waals surface area contributed by atoms with Crippen LogP contribution in [0.4, 0.5) is 0 Å². The average Bonchev–Trinajstić information content (AvgIpc) is 2.71. The highest BCUT2D eigenvalue weighted by molar-refractivity contribution is 8.13. The monoisotopic (exact) mass is 368 g/mol. The number of morpholine rings is 1. The van der Waals surface area contributed by atoms with E-state index in [0.29, 0.717) is 31.3 Å². The predicted octanol–water partition coefficient (Wildman–Crippen LogP) is 2.71. The molecule has 2 aliphatic rings. The van der Waals surface area contributed by atoms with Gasteiger partial charge in [0.15, 0.2) is 0 Å². The van der Waals surface area contributed by atoms with E-state index in [1.807, 2.05) is 60.7 Å². The molecule has 0 unspecified atom stereocenters. The Morgan fingerprint density at radius 1 is 1.04 bits per heavy atom. The third-order valence-corrected chi connectivity index (χ3v) is 5.90. The lowest BCUT2D eigenvalue weighted by Crippen LogP contribution is -2.58. The molecular formula is C20H20N2O3S. The second kappa shape index (κ2) is 7.51. The van der Waals surface area contributed by atoms with Gasteiger partial charge < -0.3 is 14.8 Å². The van der Waals surface area contributed by atoms with Crippen LogP contribution in [0.15, 0.2) is 65.6 Å². The summed E-state index contributed by atoms with van der Waals surface area (Å²) in [5.41, 5.74) is 1.00. The van der Waals surface area contributed by atoms with Gasteiger partial charge in [0.25, 0.3) is 11.9 Å². The van der Waals surface area contributed by atoms with Crippen molar-refractivity contribution in [1.29, 1.82) is 0 Å². The van der Waals surface area contributed by atoms with Crippen LogP contribution in [0.2, 0.25) is 0 Å². The number of rotatable bonds is 3. The Morgan fingerprint density at radius 3 is 2.31 bits per heavy atom. The number of benzene rings is 2. The first-order chi connectivity index (χ1) is 12.8. The minimum atomic E-state index is -0.693. The molecular weight excluding hydrogens is 348 g/mol. The van der Waals surface area contributed by atoms with E-state index in [4.69, 9.17) is 4.74 Å². The molecule has 5 nitrogen and oxygen atoms in total. The van der Waals surface area contributed by atoms with Crippen molar-refractivity contribution in [3.63, 3.8) is 0 Å². The van der Waals surface area contributed by atoms with E-state index in [2.05, 4.69) is 0 Å². The molecule has 26 heavy (non-hydrogen) atoms. The fourth-order valence-electron chi connectivity index (χ4n) is 3.38. The Balaban J connectivity index is 1.64. The summed E-state index contributed by atoms with van der Waals surface area (Å²) in [4.78, 5) is 15.7. The first-order valence-corrected chi connectivity index (χ1v) is 9.55. The number of amides is 1. The molecule has 0 spiro atoms. The molecule has 2 aromatic rings. The minimum Gasteiger partial charge on any atom is -0.623 e. The SMILES string of the molecule is O=C([C@H]1[C@@H](c2ccccc2)C(Sc2ccccc2)=[N+]1[O-])N1CCOCC1. The van der Waals surface area contributed by atoms with E-state index < -0.39 is 6.04 Å². The van der Waals surface area contributed by atoms with Gasteiger partial charge in [-0.1, -0.05) is 48.5 Å². The van der Waals surface area contributed by atoms with Crippen LogP contribution >= 0.6 is 11.8 Å². The third kappa shape index (κ3) is 3.22. The Kier molecular flexibility index (Phi) is 4.95. The molecule has 134 valence electrons. The quantitative estimate of drug-likeness (QED) is 0.617. The van der Waals surface area contributed by atoms with Crippen LogP contribution in [0.1, 0.15) is 11.5 Å². The van der Waals surface area contributed by atoms with E-state index in [0.717, 1.165) is 15.2 Å². The summed E-state index contributed by atoms with van der Waals surface area (Å²) in [6.07, 6.45) is 0. The Labute approximate surface area is 156 Å². The standard InChI is InChI=1S/C20H20N2O3S/c23-19(21-11-13-25-14-12-21)18-17(15-7-3-1-4-8-15)20(22(18)24)26-16-9-5-2-6-10-16/h1-10,17-18H,11-14H2/t17-,18-/m1/s1. The molecule has 2 aromatic carbocycles. The van der Waals surface area contributed by atoms with Gasteiger partial charge in [0, 0.05) is 18.0 Å². The van der Waals surface area contributed by atoms with Gasteiger partial charge in [0.05, 0.1) is 13.2 Å². The van der Waals surface area contributed by atoms with Crippen LogP contribution < -0.4 is 0 Å². The van der Waals surface area contributed by atoms with Crippen molar-refractivity contribution < 1.29 is 14.3 Å². The number of hydrogen-bond donors (Lipinski definition) is 0. The zero-order valence-corrected chi connectivity index (χ0v) is 15.1. The molecule has 4 rings (SSSR count). The highest BCUT2D eigenvalue weighted by Crippen LogP contribution is 2.40. The summed E-state index contributed by atoms with van der Waals surface area (Å²) in [5.74, 6) is -0.302. The van der Waals surface area contributed by atoms with Crippen LogP contribution in [0.3, 0.4) is 0 Å². The van der Waals surface area contributed by atoms with Gasteiger partial charge in [-0.15, -0.1) is 0 Å². The van der Waals surface area contributed by atoms with Gasteiger partial charge in [-0.2, -0.15) is 4.74 Å². The lowest BCUT2D eigenvalue weighted by molar-refractivity contribution is -0.517. The summed E-state index contributed by atoms with van der Waals surface area (Å²) >= 11 is 1.44. The first-order valence-electron chi connectivity index (χ1n) is 8.73. The minimum absolute atomic E-state index is 0.102. The molecule has 1 saturated heterocycles. The Morgan fingerprint density at radius 2 is 1.65 bits per heavy atom. The second-order valence-electron chi connectivity index (χ2n) is 6.35. The number of ether oxygens (including phenoxy) is 1. The summed E-state index contributed by atoms with van der Waals surface area (Å²) < 4.78 is 6.22. The van der Waals surface area contributed by atoms with Crippen molar-refractivity contribution >= 4 is 22.7 Å². The maximum atomic E-state index is 13.0. The van der Waals surface area contributed by atoms with Gasteiger partial charge >= 0.3 is 0 Å². The number of nitrogens with zero attached hydrogens (tertiary/aromatic N) is 2. The fourth-order valence-corrected chi connectivity index (χ4v) is 4.51. The largest absolute Gasteiger partial charge is 0.623 e. The predicted molar refractivity (Wildman–Crippen MR) is 101 cm³/mol. The molecule has 2 heterocycles. The zero-order valence-electron chi connectivity index (χ0n) is 14.3. The van der Waals surface area contributed by atoms with Crippen molar-refractivity contribution in [2.45, 2.75) is 16.9 Å². The molecule has 0 aromatic heterocycles. The summed E-state index contributed by atoms with van der Waals surface area (Å²) in [5, 5.41) is 13.5. The molecule has 2 aliphatic heterocycles. The van der Waals surface area contributed by atoms with Crippen molar-refractivity contribution in [2.24, 2.45) is 0 Å². The molecule has 1 fully saturated rings. The highest BCUT2D eigenvalue weighted by atomic mass is 32.2. The summed E-state index contributed by atoms with van der Waals surface area (Å²) in [7, 11) is 0. The number of thioether (sulfide) groups is 1. The van der Waals surface area contributed by atoms with E-state index in [1.54, 1.807) is 4.90 Å². The molecule has 0 N–H and O–H groups in total. The highest BCUT2D eigenvalue weighted by Gasteiger charge is 2.54. The van der Waals surface area contributed by atoms with Gasteiger partial charge in [0.1, 0.15) is 5.92 Å². The topological polar surface area (TPSA) is 55.6 Å². The maximum Gasteiger partial charge on any atom is 0.294 e. The lowest BCUT2D eigenvalue weighted by atomic mass is 9.86. The van der Waals surface area contributed by atoms with Crippen LogP contribution in [-0.2, 0) is 9.53 Å². The van der Waals surface area contributed by atoms with E-state index in [-0.39, 0.29) is 11.8 Å². The van der Waals surface area contributed by atoms with Gasteiger partial charge in [-0.25, -0.2) is 0 Å². The molecule has 2 atom stereocenters. The van der Waals surface area contributed by atoms with E-state index in [1.165, 1.54) is 11.8 Å². The van der Waals surface area contributed by atoms with Crippen molar-refractivity contribution in [3.8, 4) is 0 Å². The summed E-state index contributed by atoms with van der Waals surface area (Å²) in [6, 6.07) is 18.9. The second-order valence-corrected chi connectivity index (χ2v) is 7.44. The van der Waals surface area contributed by atoms with Crippen LogP contribution in [0.5, 0.6) is 0 Å². The first kappa shape index (κ1) is 17.1. The van der Waals surface area contributed by atoms with Crippen molar-refractivity contribution in [3.05, 3.63) is 71.4 Å². The molecule has 0 aliphatic carbocycles. The molecule has 1 amide bonds. The van der Waals surface area contributed by atoms with Crippen molar-refractivity contribution in [1.82, 2.24) is 4.90 Å². The normalized spacial score (nSPS) is 22.8. The van der Waals surface area contributed by atoms with Crippen LogP contribution in [0.25, 0.3) is 0 Å². The lowest BCUT2D eigenvalue weighted by Gasteiger charge is -2.38. The zero-order chi connectivity index (χ0) is 17.9. The smallest absolute Gasteiger partial charge is 0.294 e. The molecule has 0 bridgehead atoms. The maximum absolute atomic E-state index is 13.0. The van der Waals surface area contributed by atoms with Gasteiger partial charge in [-0.3, -0.25) is 4.79 Å². The fraction of sp³-hybridized carbons (Fsp3) is 0.300. The molecule has 6 heteroatoms. The summed E-state index contributed by atoms with van der Waals surface area (Å²) in [6.45, 7) is 2.16. The number of hydroxylamine groups is 1. The Bertz CT molecular complexity index is 804. The van der Waals surface area contributed by atoms with Crippen LogP contribution in [-0.4, -0.2) is 52.9 Å². The van der Waals surface area contributed by atoms with E-state index >= 15 is 0 Å².